The first kappa shape index (κ1) is 22.2. The normalized spacial score (nSPS) is 23.7. The highest BCUT2D eigenvalue weighted by Crippen LogP contribution is 2.25. The van der Waals surface area contributed by atoms with Gasteiger partial charge in [0.2, 0.25) is 0 Å². The summed E-state index contributed by atoms with van der Waals surface area (Å²) < 4.78 is 18.8. The molecule has 2 heterocycles. The third kappa shape index (κ3) is 5.83. The second-order valence-electron chi connectivity index (χ2n) is 8.73. The van der Waals surface area contributed by atoms with Crippen molar-refractivity contribution in [1.82, 2.24) is 14.7 Å². The molecule has 0 bridgehead atoms. The summed E-state index contributed by atoms with van der Waals surface area (Å²) in [5, 5.41) is 10.9. The lowest BCUT2D eigenvalue weighted by Gasteiger charge is -2.45. The van der Waals surface area contributed by atoms with Crippen molar-refractivity contribution in [2.24, 2.45) is 0 Å². The molecule has 2 aromatic carbocycles. The molecule has 6 heteroatoms. The van der Waals surface area contributed by atoms with Gasteiger partial charge in [-0.2, -0.15) is 0 Å². The van der Waals surface area contributed by atoms with E-state index in [4.69, 9.17) is 4.74 Å². The van der Waals surface area contributed by atoms with Crippen LogP contribution in [-0.4, -0.2) is 84.9 Å². The molecule has 0 spiro atoms. The fourth-order valence-corrected chi connectivity index (χ4v) is 4.89. The first-order valence-electron chi connectivity index (χ1n) is 11.4. The monoisotopic (exact) mass is 427 g/mol. The Hall–Kier alpha value is -1.99. The highest BCUT2D eigenvalue weighted by atomic mass is 19.1. The topological polar surface area (TPSA) is 39.2 Å². The zero-order valence-electron chi connectivity index (χ0n) is 18.4. The van der Waals surface area contributed by atoms with E-state index >= 15 is 0 Å². The molecule has 2 aliphatic heterocycles. The third-order valence-electron chi connectivity index (χ3n) is 6.71. The molecule has 31 heavy (non-hydrogen) atoms. The Morgan fingerprint density at radius 3 is 2.48 bits per heavy atom. The van der Waals surface area contributed by atoms with Crippen molar-refractivity contribution in [3.63, 3.8) is 0 Å². The fourth-order valence-electron chi connectivity index (χ4n) is 4.89. The smallest absolute Gasteiger partial charge is 0.126 e. The number of β-amino-alcohol motifs (C(OH)–C–C–N with tert-alkyl or cyclic N) is 1. The number of likely N-dealkylation sites (tertiary alicyclic amines) is 1. The SMILES string of the molecule is COc1cc(F)ccc1CN1CC[C@@H](N2CCN(CCc3ccccc3)CC2)[C@H](O)C1. The number of ether oxygens (including phenoxy) is 1. The molecule has 168 valence electrons. The van der Waals surface area contributed by atoms with E-state index in [0.29, 0.717) is 18.8 Å². The molecule has 2 fully saturated rings. The number of piperidine rings is 1. The largest absolute Gasteiger partial charge is 0.496 e. The second-order valence-corrected chi connectivity index (χ2v) is 8.73. The van der Waals surface area contributed by atoms with Crippen LogP contribution in [0, 0.1) is 5.82 Å². The maximum absolute atomic E-state index is 13.5. The number of rotatable bonds is 7. The Bertz CT molecular complexity index is 827. The highest BCUT2D eigenvalue weighted by molar-refractivity contribution is 5.34. The molecule has 0 unspecified atom stereocenters. The Kier molecular flexibility index (Phi) is 7.56. The summed E-state index contributed by atoms with van der Waals surface area (Å²) in [6.45, 7) is 7.48. The van der Waals surface area contributed by atoms with E-state index in [1.807, 2.05) is 0 Å². The molecule has 0 amide bonds. The van der Waals surface area contributed by atoms with Gasteiger partial charge < -0.3 is 14.7 Å². The van der Waals surface area contributed by atoms with E-state index in [0.717, 1.165) is 57.7 Å². The standard InChI is InChI=1S/C25H34FN3O2/c1-31-25-17-22(26)8-7-21(25)18-28-12-10-23(24(30)19-28)29-15-13-27(14-16-29)11-9-20-5-3-2-4-6-20/h2-8,17,23-24,30H,9-16,18-19H2,1H3/t23-,24-/m1/s1. The van der Waals surface area contributed by atoms with Gasteiger partial charge in [0.25, 0.3) is 0 Å². The van der Waals surface area contributed by atoms with Gasteiger partial charge in [0.1, 0.15) is 11.6 Å². The lowest BCUT2D eigenvalue weighted by molar-refractivity contribution is -0.0309. The molecule has 2 saturated heterocycles. The molecule has 4 rings (SSSR count). The molecule has 0 saturated carbocycles. The number of methoxy groups -OCH3 is 1. The van der Waals surface area contributed by atoms with Gasteiger partial charge in [0, 0.05) is 70.0 Å². The van der Waals surface area contributed by atoms with E-state index < -0.39 is 0 Å². The number of benzene rings is 2. The van der Waals surface area contributed by atoms with Crippen LogP contribution in [0.5, 0.6) is 5.75 Å². The van der Waals surface area contributed by atoms with Crippen molar-refractivity contribution >= 4 is 0 Å². The number of hydrogen-bond acceptors (Lipinski definition) is 5. The molecule has 2 aromatic rings. The van der Waals surface area contributed by atoms with Crippen molar-refractivity contribution in [2.45, 2.75) is 31.5 Å². The van der Waals surface area contributed by atoms with Crippen LogP contribution in [-0.2, 0) is 13.0 Å². The van der Waals surface area contributed by atoms with Gasteiger partial charge >= 0.3 is 0 Å². The maximum Gasteiger partial charge on any atom is 0.126 e. The van der Waals surface area contributed by atoms with Crippen LogP contribution in [0.25, 0.3) is 0 Å². The van der Waals surface area contributed by atoms with Gasteiger partial charge in [-0.15, -0.1) is 0 Å². The van der Waals surface area contributed by atoms with Gasteiger partial charge in [-0.1, -0.05) is 36.4 Å². The highest BCUT2D eigenvalue weighted by Gasteiger charge is 2.33. The Morgan fingerprint density at radius 2 is 1.77 bits per heavy atom. The summed E-state index contributed by atoms with van der Waals surface area (Å²) in [4.78, 5) is 7.25. The first-order valence-corrected chi connectivity index (χ1v) is 11.4. The van der Waals surface area contributed by atoms with E-state index in [2.05, 4.69) is 45.0 Å². The number of aliphatic hydroxyl groups is 1. The Morgan fingerprint density at radius 1 is 1.00 bits per heavy atom. The molecular weight excluding hydrogens is 393 g/mol. The number of nitrogens with zero attached hydrogens (tertiary/aromatic N) is 3. The molecule has 5 nitrogen and oxygen atoms in total. The summed E-state index contributed by atoms with van der Waals surface area (Å²) in [6.07, 6.45) is 1.68. The molecule has 2 aliphatic rings. The van der Waals surface area contributed by atoms with E-state index in [9.17, 15) is 9.50 Å². The number of aliphatic hydroxyl groups excluding tert-OH is 1. The average molecular weight is 428 g/mol. The van der Waals surface area contributed by atoms with Gasteiger partial charge in [-0.05, 0) is 24.5 Å². The van der Waals surface area contributed by atoms with E-state index in [1.54, 1.807) is 13.2 Å². The van der Waals surface area contributed by atoms with Crippen molar-refractivity contribution < 1.29 is 14.2 Å². The minimum Gasteiger partial charge on any atom is -0.496 e. The summed E-state index contributed by atoms with van der Waals surface area (Å²) in [5.41, 5.74) is 2.35. The van der Waals surface area contributed by atoms with Crippen molar-refractivity contribution in [3.8, 4) is 5.75 Å². The van der Waals surface area contributed by atoms with E-state index in [1.165, 1.54) is 17.7 Å². The maximum atomic E-state index is 13.5. The number of hydrogen-bond donors (Lipinski definition) is 1. The predicted octanol–water partition coefficient (Wildman–Crippen LogP) is 2.63. The van der Waals surface area contributed by atoms with Crippen LogP contribution in [0.2, 0.25) is 0 Å². The van der Waals surface area contributed by atoms with Crippen molar-refractivity contribution in [3.05, 3.63) is 65.5 Å². The van der Waals surface area contributed by atoms with Gasteiger partial charge in [-0.25, -0.2) is 4.39 Å². The molecule has 0 radical (unpaired) electrons. The first-order chi connectivity index (χ1) is 15.1. The summed E-state index contributed by atoms with van der Waals surface area (Å²) >= 11 is 0. The van der Waals surface area contributed by atoms with Crippen LogP contribution in [0.15, 0.2) is 48.5 Å². The van der Waals surface area contributed by atoms with Gasteiger partial charge in [0.05, 0.1) is 13.2 Å². The van der Waals surface area contributed by atoms with Crippen molar-refractivity contribution in [1.29, 1.82) is 0 Å². The Balaban J connectivity index is 1.23. The lowest BCUT2D eigenvalue weighted by Crippen LogP contribution is -2.58. The molecule has 0 aromatic heterocycles. The molecule has 0 aliphatic carbocycles. The van der Waals surface area contributed by atoms with E-state index in [-0.39, 0.29) is 18.0 Å². The van der Waals surface area contributed by atoms with Crippen LogP contribution in [0.3, 0.4) is 0 Å². The third-order valence-corrected chi connectivity index (χ3v) is 6.71. The molecule has 2 atom stereocenters. The van der Waals surface area contributed by atoms with Gasteiger partial charge in [-0.3, -0.25) is 9.80 Å². The molecule has 1 N–H and O–H groups in total. The van der Waals surface area contributed by atoms with Gasteiger partial charge in [0.15, 0.2) is 0 Å². The predicted molar refractivity (Wildman–Crippen MR) is 121 cm³/mol. The minimum absolute atomic E-state index is 0.225. The zero-order chi connectivity index (χ0) is 21.6. The summed E-state index contributed by atoms with van der Waals surface area (Å²) in [7, 11) is 1.57. The summed E-state index contributed by atoms with van der Waals surface area (Å²) in [5.74, 6) is 0.283. The minimum atomic E-state index is -0.365. The quantitative estimate of drug-likeness (QED) is 0.736. The number of piperazine rings is 1. The summed E-state index contributed by atoms with van der Waals surface area (Å²) in [6, 6.07) is 15.6. The number of halogens is 1. The van der Waals surface area contributed by atoms with Crippen LogP contribution >= 0.6 is 0 Å². The van der Waals surface area contributed by atoms with Crippen molar-refractivity contribution in [2.75, 3.05) is 52.9 Å². The Labute approximate surface area is 185 Å². The average Bonchev–Trinajstić information content (AvgIpc) is 2.80. The molecular formula is C25H34FN3O2. The van der Waals surface area contributed by atoms with Crippen LogP contribution in [0.4, 0.5) is 4.39 Å². The second kappa shape index (κ2) is 10.6. The zero-order valence-corrected chi connectivity index (χ0v) is 18.4. The van der Waals surface area contributed by atoms with Crippen LogP contribution in [0.1, 0.15) is 17.5 Å². The fraction of sp³-hybridized carbons (Fsp3) is 0.520. The lowest BCUT2D eigenvalue weighted by atomic mass is 9.98. The van der Waals surface area contributed by atoms with Crippen LogP contribution < -0.4 is 4.74 Å².